The van der Waals surface area contributed by atoms with Gasteiger partial charge in [-0.15, -0.1) is 0 Å². The summed E-state index contributed by atoms with van der Waals surface area (Å²) in [5, 5.41) is 1.00. The van der Waals surface area contributed by atoms with Crippen LogP contribution < -0.4 is 4.74 Å². The van der Waals surface area contributed by atoms with Crippen molar-refractivity contribution in [2.75, 3.05) is 32.6 Å². The molecule has 0 unspecified atom stereocenters. The number of benzene rings is 2. The van der Waals surface area contributed by atoms with Crippen molar-refractivity contribution in [2.24, 2.45) is 5.41 Å². The molecule has 1 fully saturated rings. The Morgan fingerprint density at radius 1 is 1.08 bits per heavy atom. The van der Waals surface area contributed by atoms with Crippen LogP contribution in [0.1, 0.15) is 24.6 Å². The number of rotatable bonds is 9. The quantitative estimate of drug-likeness (QED) is 0.386. The fourth-order valence-electron chi connectivity index (χ4n) is 4.64. The van der Waals surface area contributed by atoms with Gasteiger partial charge in [0.15, 0.2) is 9.84 Å². The highest BCUT2D eigenvalue weighted by Gasteiger charge is 2.50. The van der Waals surface area contributed by atoms with Crippen LogP contribution in [0, 0.1) is 12.3 Å². The lowest BCUT2D eigenvalue weighted by Crippen LogP contribution is -2.62. The predicted molar refractivity (Wildman–Crippen MR) is 137 cm³/mol. The zero-order valence-corrected chi connectivity index (χ0v) is 21.9. The van der Waals surface area contributed by atoms with Crippen LogP contribution in [0.3, 0.4) is 0 Å². The molecule has 0 spiro atoms. The van der Waals surface area contributed by atoms with Gasteiger partial charge < -0.3 is 19.1 Å². The molecule has 4 rings (SSSR count). The topological polar surface area (TPSA) is 112 Å². The Morgan fingerprint density at radius 2 is 1.78 bits per heavy atom. The molecule has 2 heterocycles. The number of carbonyl (C=O) groups is 2. The zero-order valence-electron chi connectivity index (χ0n) is 21.1. The number of esters is 1. The normalized spacial score (nSPS) is 14.6. The van der Waals surface area contributed by atoms with Crippen molar-refractivity contribution < 1.29 is 32.2 Å². The van der Waals surface area contributed by atoms with Crippen LogP contribution in [0.2, 0.25) is 0 Å². The van der Waals surface area contributed by atoms with Crippen molar-refractivity contribution in [3.05, 3.63) is 65.9 Å². The number of nitrogens with zero attached hydrogens (tertiary/aromatic N) is 2. The average Bonchev–Trinajstić information content (AvgIpc) is 2.85. The molecule has 10 heteroatoms. The van der Waals surface area contributed by atoms with Gasteiger partial charge in [-0.3, -0.25) is 9.78 Å². The maximum absolute atomic E-state index is 13.3. The van der Waals surface area contributed by atoms with Crippen molar-refractivity contribution in [1.82, 2.24) is 9.88 Å². The maximum atomic E-state index is 13.3. The van der Waals surface area contributed by atoms with Crippen LogP contribution >= 0.6 is 0 Å². The van der Waals surface area contributed by atoms with E-state index in [4.69, 9.17) is 14.2 Å². The molecule has 0 N–H and O–H groups in total. The lowest BCUT2D eigenvalue weighted by molar-refractivity contribution is -0.145. The number of fused-ring (bicyclic) bond motifs is 1. The molecule has 0 radical (unpaired) electrons. The molecule has 1 amide bonds. The Morgan fingerprint density at radius 3 is 2.46 bits per heavy atom. The highest BCUT2D eigenvalue weighted by atomic mass is 32.2. The minimum Gasteiger partial charge on any atom is -0.489 e. The van der Waals surface area contributed by atoms with E-state index in [9.17, 15) is 18.0 Å². The van der Waals surface area contributed by atoms with Gasteiger partial charge in [-0.1, -0.05) is 18.2 Å². The summed E-state index contributed by atoms with van der Waals surface area (Å²) in [6.45, 7) is 4.33. The van der Waals surface area contributed by atoms with E-state index in [0.717, 1.165) is 22.2 Å². The van der Waals surface area contributed by atoms with Gasteiger partial charge in [-0.2, -0.15) is 0 Å². The Balaban J connectivity index is 1.45. The number of ether oxygens (including phenoxy) is 3. The smallest absolute Gasteiger partial charge is 0.409 e. The van der Waals surface area contributed by atoms with Crippen LogP contribution in [0.15, 0.2) is 59.5 Å². The number of para-hydroxylation sites is 1. The number of hydrogen-bond acceptors (Lipinski definition) is 8. The highest BCUT2D eigenvalue weighted by Crippen LogP contribution is 2.38. The standard InChI is InChI=1S/C27H30N2O7S/c1-4-35-26(31)29-16-27(17-29,14-25(30)34-3)18-37(32,33)22-11-9-21(10-12-22)36-15-20-13-19(2)28-24-8-6-5-7-23(20)24/h5-13H,4,14-18H2,1-3H3. The predicted octanol–water partition coefficient (Wildman–Crippen LogP) is 3.92. The van der Waals surface area contributed by atoms with Crippen LogP contribution in [-0.2, 0) is 30.7 Å². The largest absolute Gasteiger partial charge is 0.489 e. The molecule has 0 aliphatic carbocycles. The van der Waals surface area contributed by atoms with Crippen molar-refractivity contribution >= 4 is 32.8 Å². The van der Waals surface area contributed by atoms with Crippen LogP contribution in [0.25, 0.3) is 10.9 Å². The van der Waals surface area contributed by atoms with Gasteiger partial charge in [0.05, 0.1) is 36.3 Å². The molecular formula is C27H30N2O7S. The molecule has 9 nitrogen and oxygen atoms in total. The molecule has 1 aliphatic rings. The first kappa shape index (κ1) is 26.4. The third kappa shape index (κ3) is 6.02. The van der Waals surface area contributed by atoms with Crippen molar-refractivity contribution in [1.29, 1.82) is 0 Å². The third-order valence-corrected chi connectivity index (χ3v) is 8.31. The lowest BCUT2D eigenvalue weighted by Gasteiger charge is -2.48. The minimum atomic E-state index is -3.76. The molecule has 196 valence electrons. The molecule has 0 atom stereocenters. The summed E-state index contributed by atoms with van der Waals surface area (Å²) < 4.78 is 42.2. The summed E-state index contributed by atoms with van der Waals surface area (Å²) in [6.07, 6.45) is -0.641. The third-order valence-electron chi connectivity index (χ3n) is 6.33. The number of carbonyl (C=O) groups excluding carboxylic acids is 2. The van der Waals surface area contributed by atoms with Crippen LogP contribution in [0.5, 0.6) is 5.75 Å². The van der Waals surface area contributed by atoms with Crippen molar-refractivity contribution in [2.45, 2.75) is 31.8 Å². The molecule has 1 aliphatic heterocycles. The fourth-order valence-corrected chi connectivity index (χ4v) is 6.45. The van der Waals surface area contributed by atoms with Gasteiger partial charge in [0.1, 0.15) is 12.4 Å². The average molecular weight is 527 g/mol. The fraction of sp³-hybridized carbons (Fsp3) is 0.370. The number of sulfone groups is 1. The molecule has 1 aromatic heterocycles. The van der Waals surface area contributed by atoms with E-state index in [0.29, 0.717) is 12.4 Å². The summed E-state index contributed by atoms with van der Waals surface area (Å²) in [4.78, 5) is 30.1. The molecule has 3 aromatic rings. The highest BCUT2D eigenvalue weighted by molar-refractivity contribution is 7.91. The van der Waals surface area contributed by atoms with E-state index in [1.54, 1.807) is 19.1 Å². The van der Waals surface area contributed by atoms with Gasteiger partial charge in [0.25, 0.3) is 0 Å². The number of pyridine rings is 1. The lowest BCUT2D eigenvalue weighted by atomic mass is 9.79. The number of aryl methyl sites for hydroxylation is 1. The van der Waals surface area contributed by atoms with E-state index in [2.05, 4.69) is 4.98 Å². The van der Waals surface area contributed by atoms with E-state index < -0.39 is 27.3 Å². The summed E-state index contributed by atoms with van der Waals surface area (Å²) >= 11 is 0. The number of methoxy groups -OCH3 is 1. The van der Waals surface area contributed by atoms with Crippen molar-refractivity contribution in [3.63, 3.8) is 0 Å². The van der Waals surface area contributed by atoms with Gasteiger partial charge in [-0.05, 0) is 50.2 Å². The number of hydrogen-bond donors (Lipinski definition) is 0. The van der Waals surface area contributed by atoms with Gasteiger partial charge in [0, 0.05) is 35.1 Å². The van der Waals surface area contributed by atoms with Gasteiger partial charge in [0.2, 0.25) is 0 Å². The second kappa shape index (κ2) is 10.8. The molecular weight excluding hydrogens is 496 g/mol. The summed E-state index contributed by atoms with van der Waals surface area (Å²) in [5.74, 6) is -0.298. The molecule has 0 saturated carbocycles. The van der Waals surface area contributed by atoms with E-state index in [-0.39, 0.29) is 36.8 Å². The van der Waals surface area contributed by atoms with E-state index >= 15 is 0 Å². The monoisotopic (exact) mass is 526 g/mol. The van der Waals surface area contributed by atoms with Crippen molar-refractivity contribution in [3.8, 4) is 5.75 Å². The van der Waals surface area contributed by atoms with Crippen LogP contribution in [0.4, 0.5) is 4.79 Å². The Hall–Kier alpha value is -3.66. The molecule has 37 heavy (non-hydrogen) atoms. The first-order valence-corrected chi connectivity index (χ1v) is 13.6. The summed E-state index contributed by atoms with van der Waals surface area (Å²) in [5.41, 5.74) is 1.83. The Bertz CT molecular complexity index is 1400. The summed E-state index contributed by atoms with van der Waals surface area (Å²) in [6, 6.07) is 16.0. The second-order valence-electron chi connectivity index (χ2n) is 9.27. The van der Waals surface area contributed by atoms with Gasteiger partial charge >= 0.3 is 12.1 Å². The minimum absolute atomic E-state index is 0.0979. The summed E-state index contributed by atoms with van der Waals surface area (Å²) in [7, 11) is -2.51. The zero-order chi connectivity index (χ0) is 26.6. The van der Waals surface area contributed by atoms with Crippen LogP contribution in [-0.4, -0.2) is 62.9 Å². The first-order valence-electron chi connectivity index (χ1n) is 11.9. The molecule has 2 aromatic carbocycles. The molecule has 0 bridgehead atoms. The number of likely N-dealkylation sites (tertiary alicyclic amines) is 1. The Labute approximate surface area is 216 Å². The first-order chi connectivity index (χ1) is 17.6. The van der Waals surface area contributed by atoms with E-state index in [1.165, 1.54) is 24.1 Å². The SMILES string of the molecule is CCOC(=O)N1CC(CC(=O)OC)(CS(=O)(=O)c2ccc(OCc3cc(C)nc4ccccc34)cc2)C1. The van der Waals surface area contributed by atoms with E-state index in [1.807, 2.05) is 37.3 Å². The van der Waals surface area contributed by atoms with Gasteiger partial charge in [-0.25, -0.2) is 13.2 Å². The number of amides is 1. The maximum Gasteiger partial charge on any atom is 0.409 e. The molecule has 1 saturated heterocycles. The number of aromatic nitrogens is 1. The second-order valence-corrected chi connectivity index (χ2v) is 11.3. The Kier molecular flexibility index (Phi) is 7.68.